The van der Waals surface area contributed by atoms with Crippen molar-refractivity contribution in [2.75, 3.05) is 18.0 Å². The lowest BCUT2D eigenvalue weighted by Gasteiger charge is -2.27. The van der Waals surface area contributed by atoms with Gasteiger partial charge in [-0.05, 0) is 18.6 Å². The first-order valence-electron chi connectivity index (χ1n) is 5.92. The van der Waals surface area contributed by atoms with Crippen molar-refractivity contribution in [2.24, 2.45) is 0 Å². The zero-order chi connectivity index (χ0) is 14.9. The number of hydrogen-bond donors (Lipinski definition) is 2. The Kier molecular flexibility index (Phi) is 3.66. The summed E-state index contributed by atoms with van der Waals surface area (Å²) in [4.78, 5) is 34.5. The van der Waals surface area contributed by atoms with Crippen molar-refractivity contribution >= 4 is 23.2 Å². The molecule has 1 aliphatic heterocycles. The highest BCUT2D eigenvalue weighted by Gasteiger charge is 2.28. The zero-order valence-electron chi connectivity index (χ0n) is 10.7. The first-order valence-corrected chi connectivity index (χ1v) is 5.92. The van der Waals surface area contributed by atoms with Crippen LogP contribution >= 0.6 is 0 Å². The standard InChI is InChI=1S/C12H13N3O5/c1-7(16)8-2-3-9(10(4-8)15(19)20)14-5-11(17)13-12(18)6-14/h2-4,7,16H,5-6H2,1H3,(H,13,17,18)/t7-/m1/s1. The molecule has 1 aromatic rings. The Balaban J connectivity index is 2.42. The second kappa shape index (κ2) is 5.25. The fourth-order valence-electron chi connectivity index (χ4n) is 2.02. The van der Waals surface area contributed by atoms with E-state index >= 15 is 0 Å². The minimum absolute atomic E-state index is 0.124. The predicted molar refractivity (Wildman–Crippen MR) is 69.1 cm³/mol. The number of nitro groups is 1. The van der Waals surface area contributed by atoms with Gasteiger partial charge < -0.3 is 10.0 Å². The molecule has 0 aromatic heterocycles. The Morgan fingerprint density at radius 3 is 2.45 bits per heavy atom. The number of benzene rings is 1. The molecule has 1 aliphatic rings. The molecule has 20 heavy (non-hydrogen) atoms. The molecular weight excluding hydrogens is 266 g/mol. The van der Waals surface area contributed by atoms with Crippen LogP contribution in [0.5, 0.6) is 0 Å². The van der Waals surface area contributed by atoms with E-state index in [9.17, 15) is 24.8 Å². The maximum atomic E-state index is 11.3. The number of anilines is 1. The second-order valence-electron chi connectivity index (χ2n) is 4.51. The molecule has 0 spiro atoms. The molecule has 8 heteroatoms. The fourth-order valence-corrected chi connectivity index (χ4v) is 2.02. The summed E-state index contributed by atoms with van der Waals surface area (Å²) in [7, 11) is 0. The van der Waals surface area contributed by atoms with Crippen LogP contribution in [0.2, 0.25) is 0 Å². The van der Waals surface area contributed by atoms with Gasteiger partial charge in [-0.3, -0.25) is 25.0 Å². The van der Waals surface area contributed by atoms with E-state index in [1.807, 2.05) is 0 Å². The van der Waals surface area contributed by atoms with E-state index in [2.05, 4.69) is 5.32 Å². The summed E-state index contributed by atoms with van der Waals surface area (Å²) in [6, 6.07) is 4.22. The van der Waals surface area contributed by atoms with Crippen LogP contribution in [-0.2, 0) is 9.59 Å². The molecule has 1 fully saturated rings. The average Bonchev–Trinajstić information content (AvgIpc) is 2.36. The van der Waals surface area contributed by atoms with Crippen molar-refractivity contribution in [1.82, 2.24) is 5.32 Å². The summed E-state index contributed by atoms with van der Waals surface area (Å²) in [6.07, 6.45) is -0.839. The lowest BCUT2D eigenvalue weighted by molar-refractivity contribution is -0.384. The highest BCUT2D eigenvalue weighted by atomic mass is 16.6. The highest BCUT2D eigenvalue weighted by molar-refractivity contribution is 6.03. The molecule has 1 aromatic carbocycles. The molecule has 0 radical (unpaired) electrons. The molecular formula is C12H13N3O5. The smallest absolute Gasteiger partial charge is 0.292 e. The number of piperazine rings is 1. The second-order valence-corrected chi connectivity index (χ2v) is 4.51. The van der Waals surface area contributed by atoms with Gasteiger partial charge in [0.05, 0.1) is 24.1 Å². The Bertz CT molecular complexity index is 568. The molecule has 2 rings (SSSR count). The van der Waals surface area contributed by atoms with Gasteiger partial charge in [0.25, 0.3) is 5.69 Å². The summed E-state index contributed by atoms with van der Waals surface area (Å²) in [5.41, 5.74) is 0.335. The third kappa shape index (κ3) is 2.75. The van der Waals surface area contributed by atoms with Crippen LogP contribution < -0.4 is 10.2 Å². The Hall–Kier alpha value is -2.48. The molecule has 0 aliphatic carbocycles. The van der Waals surface area contributed by atoms with E-state index in [1.54, 1.807) is 0 Å². The quantitative estimate of drug-likeness (QED) is 0.461. The topological polar surface area (TPSA) is 113 Å². The van der Waals surface area contributed by atoms with Crippen molar-refractivity contribution in [2.45, 2.75) is 13.0 Å². The van der Waals surface area contributed by atoms with Crippen molar-refractivity contribution in [3.8, 4) is 0 Å². The number of hydrogen-bond acceptors (Lipinski definition) is 6. The molecule has 1 atom stereocenters. The van der Waals surface area contributed by atoms with Crippen LogP contribution in [0.3, 0.4) is 0 Å². The minimum atomic E-state index is -0.839. The van der Waals surface area contributed by atoms with Crippen LogP contribution in [0.15, 0.2) is 18.2 Å². The molecule has 0 saturated carbocycles. The van der Waals surface area contributed by atoms with Gasteiger partial charge in [-0.1, -0.05) is 6.07 Å². The minimum Gasteiger partial charge on any atom is -0.389 e. The third-order valence-electron chi connectivity index (χ3n) is 2.97. The summed E-state index contributed by atoms with van der Waals surface area (Å²) < 4.78 is 0. The number of aliphatic hydroxyl groups excluding tert-OH is 1. The van der Waals surface area contributed by atoms with Crippen LogP contribution in [-0.4, -0.2) is 34.9 Å². The monoisotopic (exact) mass is 279 g/mol. The summed E-state index contributed by atoms with van der Waals surface area (Å²) in [6.45, 7) is 1.25. The third-order valence-corrected chi connectivity index (χ3v) is 2.97. The van der Waals surface area contributed by atoms with Crippen LogP contribution in [0.1, 0.15) is 18.6 Å². The van der Waals surface area contributed by atoms with E-state index in [1.165, 1.54) is 30.0 Å². The zero-order valence-corrected chi connectivity index (χ0v) is 10.7. The van der Waals surface area contributed by atoms with Crippen LogP contribution in [0.25, 0.3) is 0 Å². The van der Waals surface area contributed by atoms with Crippen molar-refractivity contribution in [1.29, 1.82) is 0 Å². The van der Waals surface area contributed by atoms with Gasteiger partial charge >= 0.3 is 0 Å². The number of aliphatic hydroxyl groups is 1. The largest absolute Gasteiger partial charge is 0.389 e. The predicted octanol–water partition coefficient (Wildman–Crippen LogP) is 0.111. The number of nitrogens with zero attached hydrogens (tertiary/aromatic N) is 2. The number of nitrogens with one attached hydrogen (secondary N) is 1. The number of rotatable bonds is 3. The molecule has 8 nitrogen and oxygen atoms in total. The van der Waals surface area contributed by atoms with E-state index in [4.69, 9.17) is 0 Å². The van der Waals surface area contributed by atoms with E-state index < -0.39 is 22.8 Å². The van der Waals surface area contributed by atoms with Gasteiger partial charge in [-0.15, -0.1) is 0 Å². The van der Waals surface area contributed by atoms with E-state index in [0.29, 0.717) is 5.56 Å². The van der Waals surface area contributed by atoms with Crippen LogP contribution in [0, 0.1) is 10.1 Å². The Labute approximate surface area is 114 Å². The average molecular weight is 279 g/mol. The van der Waals surface area contributed by atoms with Gasteiger partial charge in [0.1, 0.15) is 5.69 Å². The van der Waals surface area contributed by atoms with Gasteiger partial charge in [-0.25, -0.2) is 0 Å². The number of carbonyl (C=O) groups excluding carboxylic acids is 2. The first kappa shape index (κ1) is 13.9. The summed E-state index contributed by atoms with van der Waals surface area (Å²) >= 11 is 0. The van der Waals surface area contributed by atoms with Crippen molar-refractivity contribution < 1.29 is 19.6 Å². The maximum absolute atomic E-state index is 11.3. The van der Waals surface area contributed by atoms with Crippen molar-refractivity contribution in [3.05, 3.63) is 33.9 Å². The lowest BCUT2D eigenvalue weighted by Crippen LogP contribution is -2.51. The number of amides is 2. The Morgan fingerprint density at radius 1 is 1.35 bits per heavy atom. The normalized spacial score (nSPS) is 16.8. The molecule has 1 saturated heterocycles. The van der Waals surface area contributed by atoms with Crippen LogP contribution in [0.4, 0.5) is 11.4 Å². The van der Waals surface area contributed by atoms with E-state index in [0.717, 1.165) is 0 Å². The molecule has 106 valence electrons. The molecule has 2 N–H and O–H groups in total. The van der Waals surface area contributed by atoms with Gasteiger partial charge in [0.15, 0.2) is 0 Å². The fraction of sp³-hybridized carbons (Fsp3) is 0.333. The van der Waals surface area contributed by atoms with E-state index in [-0.39, 0.29) is 24.5 Å². The number of imide groups is 1. The molecule has 2 amide bonds. The van der Waals surface area contributed by atoms with Gasteiger partial charge in [0, 0.05) is 6.07 Å². The van der Waals surface area contributed by atoms with Gasteiger partial charge in [-0.2, -0.15) is 0 Å². The summed E-state index contributed by atoms with van der Waals surface area (Å²) in [5.74, 6) is -1.01. The number of carbonyl (C=O) groups is 2. The SMILES string of the molecule is C[C@@H](O)c1ccc(N2CC(=O)NC(=O)C2)c([N+](=O)[O-])c1. The summed E-state index contributed by atoms with van der Waals surface area (Å²) in [5, 5.41) is 22.7. The first-order chi connectivity index (χ1) is 9.38. The number of nitro benzene ring substituents is 1. The Morgan fingerprint density at radius 2 is 1.95 bits per heavy atom. The lowest BCUT2D eigenvalue weighted by atomic mass is 10.1. The molecule has 0 bridgehead atoms. The van der Waals surface area contributed by atoms with Gasteiger partial charge in [0.2, 0.25) is 11.8 Å². The highest BCUT2D eigenvalue weighted by Crippen LogP contribution is 2.31. The maximum Gasteiger partial charge on any atom is 0.292 e. The molecule has 0 unspecified atom stereocenters. The van der Waals surface area contributed by atoms with Crippen molar-refractivity contribution in [3.63, 3.8) is 0 Å². The molecule has 1 heterocycles.